The van der Waals surface area contributed by atoms with Crippen molar-refractivity contribution >= 4 is 28.5 Å². The smallest absolute Gasteiger partial charge is 0.337 e. The van der Waals surface area contributed by atoms with E-state index in [9.17, 15) is 19.5 Å². The van der Waals surface area contributed by atoms with Crippen LogP contribution >= 0.6 is 0 Å². The summed E-state index contributed by atoms with van der Waals surface area (Å²) < 4.78 is 1.65. The summed E-state index contributed by atoms with van der Waals surface area (Å²) in [5.74, 6) is 0.119. The molecule has 194 valence electrons. The molecule has 2 aliphatic rings. The van der Waals surface area contributed by atoms with E-state index in [1.165, 1.54) is 0 Å². The number of nitrogens with zero attached hydrogens (tertiary/aromatic N) is 3. The van der Waals surface area contributed by atoms with Crippen molar-refractivity contribution in [1.82, 2.24) is 19.8 Å². The molecular weight excluding hydrogens is 470 g/mol. The highest BCUT2D eigenvalue weighted by Gasteiger charge is 2.33. The topological polar surface area (TPSA) is 117 Å². The fraction of sp³-hybridized carbons (Fsp3) is 0.429. The summed E-state index contributed by atoms with van der Waals surface area (Å²) in [6.45, 7) is 6.73. The third-order valence-corrected chi connectivity index (χ3v) is 7.69. The van der Waals surface area contributed by atoms with E-state index >= 15 is 0 Å². The average molecular weight is 504 g/mol. The minimum absolute atomic E-state index is 0.0795. The molecule has 9 nitrogen and oxygen atoms in total. The Bertz CT molecular complexity index is 1420. The largest absolute Gasteiger partial charge is 0.478 e. The molecule has 2 aromatic carbocycles. The van der Waals surface area contributed by atoms with E-state index in [-0.39, 0.29) is 34.9 Å². The molecule has 0 unspecified atom stereocenters. The Labute approximate surface area is 215 Å². The van der Waals surface area contributed by atoms with Crippen molar-refractivity contribution in [3.8, 4) is 0 Å². The molecule has 1 atom stereocenters. The van der Waals surface area contributed by atoms with Gasteiger partial charge in [-0.2, -0.15) is 0 Å². The molecule has 37 heavy (non-hydrogen) atoms. The number of nitrogens with one attached hydrogen (secondary N) is 2. The maximum Gasteiger partial charge on any atom is 0.337 e. The SMILES string of the molecule is Cc1cc([C@@H](C)Nc2ccccc2C(=O)O)c2nc(C3CCN(C(=O)C4CNC4)CC3)n(C)c(=O)c2c1. The van der Waals surface area contributed by atoms with Gasteiger partial charge >= 0.3 is 5.97 Å². The second-order valence-corrected chi connectivity index (χ2v) is 10.3. The third kappa shape index (κ3) is 4.71. The van der Waals surface area contributed by atoms with Crippen LogP contribution in [-0.4, -0.2) is 57.6 Å². The number of likely N-dealkylation sites (tertiary alicyclic amines) is 1. The van der Waals surface area contributed by atoms with Crippen LogP contribution in [0, 0.1) is 12.8 Å². The second kappa shape index (κ2) is 9.97. The van der Waals surface area contributed by atoms with Gasteiger partial charge in [0.1, 0.15) is 5.82 Å². The minimum atomic E-state index is -1.00. The molecule has 1 aromatic heterocycles. The van der Waals surface area contributed by atoms with Gasteiger partial charge in [0, 0.05) is 50.4 Å². The molecule has 0 spiro atoms. The molecule has 2 aliphatic heterocycles. The highest BCUT2D eigenvalue weighted by atomic mass is 16.4. The van der Waals surface area contributed by atoms with Crippen LogP contribution in [0.5, 0.6) is 0 Å². The number of carbonyl (C=O) groups excluding carboxylic acids is 1. The van der Waals surface area contributed by atoms with Gasteiger partial charge in [-0.05, 0) is 50.5 Å². The monoisotopic (exact) mass is 503 g/mol. The van der Waals surface area contributed by atoms with E-state index in [4.69, 9.17) is 4.98 Å². The predicted molar refractivity (Wildman–Crippen MR) is 142 cm³/mol. The number of carboxylic acids is 1. The van der Waals surface area contributed by atoms with E-state index in [0.717, 1.165) is 42.9 Å². The Morgan fingerprint density at radius 1 is 1.16 bits per heavy atom. The predicted octanol–water partition coefficient (Wildman–Crippen LogP) is 3.04. The lowest BCUT2D eigenvalue weighted by atomic mass is 9.93. The minimum Gasteiger partial charge on any atom is -0.478 e. The molecule has 3 heterocycles. The molecule has 2 fully saturated rings. The van der Waals surface area contributed by atoms with Gasteiger partial charge < -0.3 is 20.6 Å². The molecule has 3 aromatic rings. The lowest BCUT2D eigenvalue weighted by Gasteiger charge is -2.37. The Balaban J connectivity index is 1.47. The zero-order valence-corrected chi connectivity index (χ0v) is 21.5. The highest BCUT2D eigenvalue weighted by Crippen LogP contribution is 2.31. The number of aromatic carboxylic acids is 1. The van der Waals surface area contributed by atoms with E-state index < -0.39 is 5.97 Å². The lowest BCUT2D eigenvalue weighted by molar-refractivity contribution is -0.138. The van der Waals surface area contributed by atoms with Crippen molar-refractivity contribution in [2.45, 2.75) is 38.6 Å². The van der Waals surface area contributed by atoms with Crippen LogP contribution in [0.4, 0.5) is 5.69 Å². The fourth-order valence-corrected chi connectivity index (χ4v) is 5.45. The first-order valence-corrected chi connectivity index (χ1v) is 12.8. The molecule has 1 amide bonds. The molecular formula is C28H33N5O4. The highest BCUT2D eigenvalue weighted by molar-refractivity contribution is 5.94. The van der Waals surface area contributed by atoms with Crippen LogP contribution in [0.25, 0.3) is 10.9 Å². The van der Waals surface area contributed by atoms with Gasteiger partial charge in [0.05, 0.1) is 28.4 Å². The van der Waals surface area contributed by atoms with E-state index in [2.05, 4.69) is 10.6 Å². The van der Waals surface area contributed by atoms with Crippen LogP contribution in [-0.2, 0) is 11.8 Å². The van der Waals surface area contributed by atoms with Gasteiger partial charge in [0.2, 0.25) is 5.91 Å². The Morgan fingerprint density at radius 2 is 1.86 bits per heavy atom. The normalized spacial score (nSPS) is 17.4. The number of anilines is 1. The van der Waals surface area contributed by atoms with Crippen LogP contribution < -0.4 is 16.2 Å². The Kier molecular flexibility index (Phi) is 6.72. The number of aryl methyl sites for hydroxylation is 1. The number of piperidine rings is 1. The quantitative estimate of drug-likeness (QED) is 0.473. The van der Waals surface area contributed by atoms with Gasteiger partial charge in [0.15, 0.2) is 0 Å². The van der Waals surface area contributed by atoms with Crippen molar-refractivity contribution in [1.29, 1.82) is 0 Å². The van der Waals surface area contributed by atoms with Crippen molar-refractivity contribution in [2.75, 3.05) is 31.5 Å². The van der Waals surface area contributed by atoms with Crippen LogP contribution in [0.2, 0.25) is 0 Å². The summed E-state index contributed by atoms with van der Waals surface area (Å²) in [5, 5.41) is 16.6. The molecule has 0 aliphatic carbocycles. The van der Waals surface area contributed by atoms with E-state index in [0.29, 0.717) is 29.7 Å². The Morgan fingerprint density at radius 3 is 2.51 bits per heavy atom. The van der Waals surface area contributed by atoms with Gasteiger partial charge in [-0.3, -0.25) is 14.2 Å². The van der Waals surface area contributed by atoms with Crippen LogP contribution in [0.1, 0.15) is 59.0 Å². The van der Waals surface area contributed by atoms with E-state index in [1.807, 2.05) is 30.9 Å². The number of rotatable bonds is 6. The summed E-state index contributed by atoms with van der Waals surface area (Å²) >= 11 is 0. The van der Waals surface area contributed by atoms with Crippen molar-refractivity contribution in [3.63, 3.8) is 0 Å². The molecule has 9 heteroatoms. The molecule has 2 saturated heterocycles. The first kappa shape index (κ1) is 25.0. The molecule has 0 radical (unpaired) electrons. The zero-order valence-electron chi connectivity index (χ0n) is 21.5. The first-order chi connectivity index (χ1) is 17.7. The third-order valence-electron chi connectivity index (χ3n) is 7.69. The van der Waals surface area contributed by atoms with Gasteiger partial charge in [0.25, 0.3) is 5.56 Å². The number of aromatic nitrogens is 2. The average Bonchev–Trinajstić information content (AvgIpc) is 2.85. The second-order valence-electron chi connectivity index (χ2n) is 10.3. The maximum atomic E-state index is 13.5. The fourth-order valence-electron chi connectivity index (χ4n) is 5.45. The van der Waals surface area contributed by atoms with Crippen molar-refractivity contribution in [2.24, 2.45) is 13.0 Å². The number of benzene rings is 2. The van der Waals surface area contributed by atoms with Gasteiger partial charge in [-0.15, -0.1) is 0 Å². The number of hydrogen-bond donors (Lipinski definition) is 3. The number of hydrogen-bond acceptors (Lipinski definition) is 6. The maximum absolute atomic E-state index is 13.5. The first-order valence-electron chi connectivity index (χ1n) is 12.8. The van der Waals surface area contributed by atoms with Crippen molar-refractivity contribution in [3.05, 3.63) is 69.3 Å². The number of carboxylic acid groups (broad SMARTS) is 1. The Hall–Kier alpha value is -3.72. The van der Waals surface area contributed by atoms with Crippen LogP contribution in [0.15, 0.2) is 41.2 Å². The molecule has 0 saturated carbocycles. The van der Waals surface area contributed by atoms with Crippen LogP contribution in [0.3, 0.4) is 0 Å². The summed E-state index contributed by atoms with van der Waals surface area (Å²) in [7, 11) is 1.77. The standard InChI is InChI=1S/C28H33N5O4/c1-16-12-21(17(2)30-23-7-5-4-6-20(23)28(36)37)24-22(13-16)27(35)32(3)25(31-24)18-8-10-33(11-9-18)26(34)19-14-29-15-19/h4-7,12-13,17-19,29-30H,8-11,14-15H2,1-3H3,(H,36,37)/t17-/m1/s1. The van der Waals surface area contributed by atoms with Gasteiger partial charge in [-0.25, -0.2) is 9.78 Å². The summed E-state index contributed by atoms with van der Waals surface area (Å²) in [6.07, 6.45) is 1.53. The summed E-state index contributed by atoms with van der Waals surface area (Å²) in [6, 6.07) is 10.4. The number of carbonyl (C=O) groups is 2. The van der Waals surface area contributed by atoms with Crippen molar-refractivity contribution < 1.29 is 14.7 Å². The molecule has 0 bridgehead atoms. The molecule has 5 rings (SSSR count). The molecule has 3 N–H and O–H groups in total. The number of para-hydroxylation sites is 1. The van der Waals surface area contributed by atoms with Gasteiger partial charge in [-0.1, -0.05) is 18.2 Å². The summed E-state index contributed by atoms with van der Waals surface area (Å²) in [4.78, 5) is 44.8. The number of fused-ring (bicyclic) bond motifs is 1. The lowest BCUT2D eigenvalue weighted by Crippen LogP contribution is -2.53. The summed E-state index contributed by atoms with van der Waals surface area (Å²) in [5.41, 5.74) is 3.03. The zero-order chi connectivity index (χ0) is 26.3. The van der Waals surface area contributed by atoms with E-state index in [1.54, 1.807) is 35.9 Å². The number of amides is 1.